The number of amides is 1. The van der Waals surface area contributed by atoms with Gasteiger partial charge >= 0.3 is 6.09 Å². The summed E-state index contributed by atoms with van der Waals surface area (Å²) in [6.45, 7) is 7.15. The minimum Gasteiger partial charge on any atom is -0.444 e. The molecule has 100 valence electrons. The summed E-state index contributed by atoms with van der Waals surface area (Å²) in [5.74, 6) is 0. The lowest BCUT2D eigenvalue weighted by Crippen LogP contribution is -2.56. The van der Waals surface area contributed by atoms with E-state index in [9.17, 15) is 4.79 Å². The number of nitrogens with one attached hydrogen (secondary N) is 2. The van der Waals surface area contributed by atoms with Crippen molar-refractivity contribution >= 4 is 6.09 Å². The van der Waals surface area contributed by atoms with E-state index in [1.165, 1.54) is 0 Å². The van der Waals surface area contributed by atoms with Gasteiger partial charge in [0.1, 0.15) is 5.60 Å². The largest absolute Gasteiger partial charge is 0.444 e. The van der Waals surface area contributed by atoms with Crippen molar-refractivity contribution in [3.05, 3.63) is 0 Å². The molecule has 5 nitrogen and oxygen atoms in total. The smallest absolute Gasteiger partial charge is 0.407 e. The summed E-state index contributed by atoms with van der Waals surface area (Å²) in [6.07, 6.45) is 1.66. The van der Waals surface area contributed by atoms with E-state index < -0.39 is 5.60 Å². The molecule has 1 saturated heterocycles. The van der Waals surface area contributed by atoms with Crippen molar-refractivity contribution in [2.45, 2.75) is 51.3 Å². The van der Waals surface area contributed by atoms with Crippen LogP contribution in [0.3, 0.4) is 0 Å². The van der Waals surface area contributed by atoms with Crippen molar-refractivity contribution in [2.24, 2.45) is 0 Å². The Labute approximate surface area is 103 Å². The molecular weight excluding hydrogens is 220 g/mol. The number of rotatable bonds is 3. The monoisotopic (exact) mass is 244 g/mol. The molecule has 0 aromatic rings. The fraction of sp³-hybridized carbons (Fsp3) is 0.917. The van der Waals surface area contributed by atoms with E-state index in [0.717, 1.165) is 19.4 Å². The van der Waals surface area contributed by atoms with Crippen LogP contribution >= 0.6 is 0 Å². The number of hydrogen-bond acceptors (Lipinski definition) is 4. The van der Waals surface area contributed by atoms with Crippen LogP contribution in [0, 0.1) is 0 Å². The molecule has 0 bridgehead atoms. The molecule has 0 saturated carbocycles. The maximum absolute atomic E-state index is 11.7. The van der Waals surface area contributed by atoms with Crippen LogP contribution in [-0.4, -0.2) is 44.0 Å². The van der Waals surface area contributed by atoms with Crippen molar-refractivity contribution in [1.82, 2.24) is 10.6 Å². The van der Waals surface area contributed by atoms with Crippen molar-refractivity contribution in [3.8, 4) is 0 Å². The Kier molecular flexibility index (Phi) is 5.21. The molecular formula is C12H24N2O3. The fourth-order valence-electron chi connectivity index (χ4n) is 1.94. The van der Waals surface area contributed by atoms with Crippen LogP contribution in [0.5, 0.6) is 0 Å². The Balaban J connectivity index is 2.44. The molecule has 1 rings (SSSR count). The van der Waals surface area contributed by atoms with Crippen LogP contribution in [-0.2, 0) is 9.47 Å². The maximum Gasteiger partial charge on any atom is 0.407 e. The summed E-state index contributed by atoms with van der Waals surface area (Å²) in [5.41, 5.74) is -0.455. The Morgan fingerprint density at radius 1 is 1.47 bits per heavy atom. The second-order valence-corrected chi connectivity index (χ2v) is 5.41. The number of carbonyl (C=O) groups is 1. The third-order valence-electron chi connectivity index (χ3n) is 2.63. The lowest BCUT2D eigenvalue weighted by molar-refractivity contribution is 0.0457. The van der Waals surface area contributed by atoms with E-state index in [0.29, 0.717) is 6.61 Å². The quantitative estimate of drug-likeness (QED) is 0.785. The normalized spacial score (nSPS) is 25.4. The van der Waals surface area contributed by atoms with Gasteiger partial charge in [0.15, 0.2) is 0 Å². The van der Waals surface area contributed by atoms with Crippen molar-refractivity contribution in [3.63, 3.8) is 0 Å². The van der Waals surface area contributed by atoms with Gasteiger partial charge in [-0.25, -0.2) is 4.79 Å². The first-order valence-electron chi connectivity index (χ1n) is 6.14. The highest BCUT2D eigenvalue weighted by Crippen LogP contribution is 2.11. The molecule has 0 aromatic heterocycles. The number of carbonyl (C=O) groups excluding carboxylic acids is 1. The van der Waals surface area contributed by atoms with E-state index in [1.807, 2.05) is 20.8 Å². The maximum atomic E-state index is 11.7. The second kappa shape index (κ2) is 6.21. The number of hydrogen-bond donors (Lipinski definition) is 2. The van der Waals surface area contributed by atoms with Crippen molar-refractivity contribution < 1.29 is 14.3 Å². The van der Waals surface area contributed by atoms with Gasteiger partial charge in [-0.2, -0.15) is 0 Å². The Morgan fingerprint density at radius 2 is 2.18 bits per heavy atom. The van der Waals surface area contributed by atoms with Crippen molar-refractivity contribution in [2.75, 3.05) is 20.3 Å². The lowest BCUT2D eigenvalue weighted by atomic mass is 9.99. The van der Waals surface area contributed by atoms with Crippen LogP contribution in [0.25, 0.3) is 0 Å². The summed E-state index contributed by atoms with van der Waals surface area (Å²) < 4.78 is 10.4. The fourth-order valence-corrected chi connectivity index (χ4v) is 1.94. The molecule has 0 aromatic carbocycles. The molecule has 0 aliphatic carbocycles. The molecule has 1 fully saturated rings. The number of methoxy groups -OCH3 is 1. The zero-order valence-corrected chi connectivity index (χ0v) is 11.2. The van der Waals surface area contributed by atoms with Gasteiger partial charge in [-0.05, 0) is 40.2 Å². The highest BCUT2D eigenvalue weighted by atomic mass is 16.6. The molecule has 1 heterocycles. The highest BCUT2D eigenvalue weighted by Gasteiger charge is 2.27. The summed E-state index contributed by atoms with van der Waals surface area (Å²) in [4.78, 5) is 11.7. The van der Waals surface area contributed by atoms with E-state index >= 15 is 0 Å². The molecule has 1 aliphatic rings. The summed E-state index contributed by atoms with van der Waals surface area (Å²) in [5, 5.41) is 6.25. The van der Waals surface area contributed by atoms with Crippen LogP contribution in [0.15, 0.2) is 0 Å². The van der Waals surface area contributed by atoms with Crippen LogP contribution in [0.2, 0.25) is 0 Å². The Hall–Kier alpha value is -0.810. The molecule has 2 atom stereocenters. The molecule has 0 spiro atoms. The average Bonchev–Trinajstić information content (AvgIpc) is 2.18. The molecule has 2 N–H and O–H groups in total. The molecule has 5 heteroatoms. The first-order valence-corrected chi connectivity index (χ1v) is 6.14. The van der Waals surface area contributed by atoms with E-state index in [-0.39, 0.29) is 18.2 Å². The minimum absolute atomic E-state index is 0.0820. The van der Waals surface area contributed by atoms with Gasteiger partial charge in [0.05, 0.1) is 12.6 Å². The zero-order chi connectivity index (χ0) is 12.9. The van der Waals surface area contributed by atoms with Gasteiger partial charge in [0, 0.05) is 13.2 Å². The van der Waals surface area contributed by atoms with Gasteiger partial charge in [-0.15, -0.1) is 0 Å². The predicted molar refractivity (Wildman–Crippen MR) is 66.1 cm³/mol. The first kappa shape index (κ1) is 14.3. The van der Waals surface area contributed by atoms with E-state index in [2.05, 4.69) is 10.6 Å². The molecule has 0 radical (unpaired) electrons. The number of ether oxygens (including phenoxy) is 2. The third kappa shape index (κ3) is 5.37. The Bertz CT molecular complexity index is 249. The molecule has 0 unspecified atom stereocenters. The molecule has 17 heavy (non-hydrogen) atoms. The van der Waals surface area contributed by atoms with E-state index in [1.54, 1.807) is 7.11 Å². The van der Waals surface area contributed by atoms with Crippen molar-refractivity contribution in [1.29, 1.82) is 0 Å². The average molecular weight is 244 g/mol. The SMILES string of the molecule is COC[C@H]1NCCC[C@H]1NC(=O)OC(C)(C)C. The van der Waals surface area contributed by atoms with Gasteiger partial charge in [0.2, 0.25) is 0 Å². The first-order chi connectivity index (χ1) is 7.92. The topological polar surface area (TPSA) is 59.6 Å². The highest BCUT2D eigenvalue weighted by molar-refractivity contribution is 5.68. The summed E-state index contributed by atoms with van der Waals surface area (Å²) >= 11 is 0. The van der Waals surface area contributed by atoms with Gasteiger partial charge in [0.25, 0.3) is 0 Å². The lowest BCUT2D eigenvalue weighted by Gasteiger charge is -2.33. The third-order valence-corrected chi connectivity index (χ3v) is 2.63. The Morgan fingerprint density at radius 3 is 2.76 bits per heavy atom. The number of alkyl carbamates (subject to hydrolysis) is 1. The van der Waals surface area contributed by atoms with Crippen LogP contribution < -0.4 is 10.6 Å². The summed E-state index contributed by atoms with van der Waals surface area (Å²) in [6, 6.07) is 0.250. The minimum atomic E-state index is -0.455. The standard InChI is InChI=1S/C12H24N2O3/c1-12(2,3)17-11(15)14-9-6-5-7-13-10(9)8-16-4/h9-10,13H,5-8H2,1-4H3,(H,14,15)/t9-,10-/m1/s1. The predicted octanol–water partition coefficient (Wildman–Crippen LogP) is 1.28. The molecule has 1 amide bonds. The van der Waals surface area contributed by atoms with Gasteiger partial charge < -0.3 is 20.1 Å². The van der Waals surface area contributed by atoms with Crippen LogP contribution in [0.1, 0.15) is 33.6 Å². The number of piperidine rings is 1. The second-order valence-electron chi connectivity index (χ2n) is 5.41. The van der Waals surface area contributed by atoms with E-state index in [4.69, 9.17) is 9.47 Å². The van der Waals surface area contributed by atoms with Gasteiger partial charge in [-0.1, -0.05) is 0 Å². The van der Waals surface area contributed by atoms with Crippen LogP contribution in [0.4, 0.5) is 4.79 Å². The molecule has 1 aliphatic heterocycles. The zero-order valence-electron chi connectivity index (χ0n) is 11.2. The van der Waals surface area contributed by atoms with Gasteiger partial charge in [-0.3, -0.25) is 0 Å². The summed E-state index contributed by atoms with van der Waals surface area (Å²) in [7, 11) is 1.67.